The Kier molecular flexibility index (Phi) is 0.697. The second-order valence-electron chi connectivity index (χ2n) is 0.861. The molecular formula is CH3N4O-. The van der Waals surface area contributed by atoms with Crippen LogP contribution in [0.4, 0.5) is 0 Å². The SMILES string of the molecule is [O-]N1CN=NN1. The molecule has 1 heterocycles. The molecule has 34 valence electrons. The van der Waals surface area contributed by atoms with Gasteiger partial charge in [0, 0.05) is 0 Å². The van der Waals surface area contributed by atoms with Crippen LogP contribution in [0.15, 0.2) is 10.3 Å². The highest BCUT2D eigenvalue weighted by atomic mass is 16.6. The van der Waals surface area contributed by atoms with Crippen molar-refractivity contribution in [2.75, 3.05) is 6.67 Å². The van der Waals surface area contributed by atoms with Gasteiger partial charge in [-0.15, -0.1) is 0 Å². The maximum Gasteiger partial charge on any atom is 0.121 e. The standard InChI is InChI=1S/CH3N4O/c6-5-1-2-3-4-5/h1H2,(H,2,4)/q-1. The van der Waals surface area contributed by atoms with Crippen molar-refractivity contribution < 1.29 is 0 Å². The Bertz CT molecular complexity index is 61.9. The Hall–Kier alpha value is -0.680. The van der Waals surface area contributed by atoms with Crippen LogP contribution in [0.1, 0.15) is 0 Å². The van der Waals surface area contributed by atoms with Gasteiger partial charge in [0.1, 0.15) is 6.67 Å². The number of hydrazine groups is 1. The Labute approximate surface area is 34.2 Å². The van der Waals surface area contributed by atoms with E-state index in [0.29, 0.717) is 5.17 Å². The third-order valence-corrected chi connectivity index (χ3v) is 0.419. The topological polar surface area (TPSA) is 63.0 Å². The van der Waals surface area contributed by atoms with Gasteiger partial charge in [-0.25, -0.2) is 5.53 Å². The molecule has 0 aliphatic carbocycles. The van der Waals surface area contributed by atoms with Crippen LogP contribution in [-0.2, 0) is 0 Å². The highest BCUT2D eigenvalue weighted by molar-refractivity contribution is 4.46. The molecule has 0 bridgehead atoms. The molecule has 0 aromatic rings. The summed E-state index contributed by atoms with van der Waals surface area (Å²) < 4.78 is 0. The largest absolute Gasteiger partial charge is 0.765 e. The van der Waals surface area contributed by atoms with E-state index in [-0.39, 0.29) is 6.67 Å². The van der Waals surface area contributed by atoms with Crippen molar-refractivity contribution in [2.24, 2.45) is 10.3 Å². The van der Waals surface area contributed by atoms with E-state index in [9.17, 15) is 5.21 Å². The summed E-state index contributed by atoms with van der Waals surface area (Å²) in [4.78, 5) is 0. The fraction of sp³-hybridized carbons (Fsp3) is 1.00. The summed E-state index contributed by atoms with van der Waals surface area (Å²) in [6.45, 7) is 0.111. The van der Waals surface area contributed by atoms with Crippen molar-refractivity contribution in [3.05, 3.63) is 5.21 Å². The summed E-state index contributed by atoms with van der Waals surface area (Å²) in [6, 6.07) is 0. The van der Waals surface area contributed by atoms with E-state index in [4.69, 9.17) is 0 Å². The van der Waals surface area contributed by atoms with Crippen LogP contribution in [0.5, 0.6) is 0 Å². The summed E-state index contributed by atoms with van der Waals surface area (Å²) in [6.07, 6.45) is 0. The molecule has 1 N–H and O–H groups in total. The minimum absolute atomic E-state index is 0.111. The van der Waals surface area contributed by atoms with E-state index < -0.39 is 0 Å². The molecule has 0 unspecified atom stereocenters. The van der Waals surface area contributed by atoms with Gasteiger partial charge in [0.05, 0.1) is 0 Å². The molecule has 5 heteroatoms. The molecule has 0 radical (unpaired) electrons. The van der Waals surface area contributed by atoms with Crippen molar-refractivity contribution in [2.45, 2.75) is 0 Å². The van der Waals surface area contributed by atoms with Crippen LogP contribution in [0.2, 0.25) is 0 Å². The van der Waals surface area contributed by atoms with Gasteiger partial charge in [-0.3, -0.25) is 5.17 Å². The fourth-order valence-electron chi connectivity index (χ4n) is 0.202. The zero-order chi connectivity index (χ0) is 4.41. The van der Waals surface area contributed by atoms with Crippen molar-refractivity contribution in [1.29, 1.82) is 0 Å². The van der Waals surface area contributed by atoms with Gasteiger partial charge in [-0.1, -0.05) is 5.22 Å². The Morgan fingerprint density at radius 2 is 2.67 bits per heavy atom. The molecule has 1 rings (SSSR count). The lowest BCUT2D eigenvalue weighted by molar-refractivity contribution is 0.339. The van der Waals surface area contributed by atoms with Crippen molar-refractivity contribution in [3.8, 4) is 0 Å². The van der Waals surface area contributed by atoms with Gasteiger partial charge in [0.15, 0.2) is 0 Å². The van der Waals surface area contributed by atoms with Gasteiger partial charge in [0.2, 0.25) is 0 Å². The molecule has 1 aliphatic heterocycles. The van der Waals surface area contributed by atoms with E-state index >= 15 is 0 Å². The fourth-order valence-corrected chi connectivity index (χ4v) is 0.202. The lowest BCUT2D eigenvalue weighted by atomic mass is 11.2. The van der Waals surface area contributed by atoms with E-state index in [2.05, 4.69) is 15.9 Å². The van der Waals surface area contributed by atoms with Crippen LogP contribution in [0.25, 0.3) is 0 Å². The second kappa shape index (κ2) is 1.19. The molecule has 0 atom stereocenters. The zero-order valence-electron chi connectivity index (χ0n) is 2.96. The van der Waals surface area contributed by atoms with E-state index in [1.165, 1.54) is 0 Å². The van der Waals surface area contributed by atoms with Gasteiger partial charge in [0.25, 0.3) is 0 Å². The molecule has 0 amide bonds. The van der Waals surface area contributed by atoms with E-state index in [1.54, 1.807) is 0 Å². The van der Waals surface area contributed by atoms with Crippen LogP contribution in [0, 0.1) is 5.21 Å². The predicted octanol–water partition coefficient (Wildman–Crippen LogP) is -0.371. The number of hydrogen-bond acceptors (Lipinski definition) is 5. The Morgan fingerprint density at radius 1 is 1.83 bits per heavy atom. The molecule has 0 aromatic carbocycles. The first kappa shape index (κ1) is 3.51. The average molecular weight is 87.1 g/mol. The molecule has 1 aliphatic rings. The second-order valence-corrected chi connectivity index (χ2v) is 0.861. The smallest absolute Gasteiger partial charge is 0.121 e. The first-order valence-corrected chi connectivity index (χ1v) is 1.46. The summed E-state index contributed by atoms with van der Waals surface area (Å²) in [5, 5.41) is 16.8. The molecule has 0 fully saturated rings. The quantitative estimate of drug-likeness (QED) is 0.438. The minimum Gasteiger partial charge on any atom is -0.765 e. The first-order chi connectivity index (χ1) is 2.89. The first-order valence-electron chi connectivity index (χ1n) is 1.46. The summed E-state index contributed by atoms with van der Waals surface area (Å²) >= 11 is 0. The minimum atomic E-state index is 0.111. The van der Waals surface area contributed by atoms with E-state index in [0.717, 1.165) is 0 Å². The maximum absolute atomic E-state index is 9.86. The number of hydrogen-bond donors (Lipinski definition) is 1. The molecular weight excluding hydrogens is 84.0 g/mol. The lowest BCUT2D eigenvalue weighted by Crippen LogP contribution is -2.21. The highest BCUT2D eigenvalue weighted by Gasteiger charge is 1.88. The maximum atomic E-state index is 9.86. The Balaban J connectivity index is 2.32. The normalized spacial score (nSPS) is 21.5. The highest BCUT2D eigenvalue weighted by Crippen LogP contribution is 1.85. The van der Waals surface area contributed by atoms with Crippen LogP contribution in [0.3, 0.4) is 0 Å². The number of rotatable bonds is 0. The molecule has 0 saturated heterocycles. The predicted molar refractivity (Wildman–Crippen MR) is 18.1 cm³/mol. The lowest BCUT2D eigenvalue weighted by Gasteiger charge is -2.15. The summed E-state index contributed by atoms with van der Waals surface area (Å²) in [7, 11) is 0. The average Bonchev–Trinajstić information content (AvgIpc) is 1.86. The van der Waals surface area contributed by atoms with Gasteiger partial charge >= 0.3 is 0 Å². The Morgan fingerprint density at radius 3 is 2.83 bits per heavy atom. The van der Waals surface area contributed by atoms with Gasteiger partial charge in [-0.05, 0) is 0 Å². The molecule has 0 saturated carbocycles. The van der Waals surface area contributed by atoms with Crippen LogP contribution < -0.4 is 5.53 Å². The van der Waals surface area contributed by atoms with Crippen molar-refractivity contribution >= 4 is 0 Å². The third kappa shape index (κ3) is 0.447. The molecule has 0 spiro atoms. The molecule has 0 aromatic heterocycles. The monoisotopic (exact) mass is 87.0 g/mol. The van der Waals surface area contributed by atoms with Gasteiger partial charge < -0.3 is 5.21 Å². The number of nitrogens with one attached hydrogen (secondary N) is 1. The number of hydroxylamine groups is 1. The van der Waals surface area contributed by atoms with Crippen LogP contribution >= 0.6 is 0 Å². The summed E-state index contributed by atoms with van der Waals surface area (Å²) in [5.41, 5.74) is 2.06. The van der Waals surface area contributed by atoms with Crippen molar-refractivity contribution in [3.63, 3.8) is 0 Å². The molecule has 6 heavy (non-hydrogen) atoms. The van der Waals surface area contributed by atoms with E-state index in [1.807, 2.05) is 0 Å². The number of nitrogens with zero attached hydrogens (tertiary/aromatic N) is 3. The van der Waals surface area contributed by atoms with Gasteiger partial charge in [-0.2, -0.15) is 5.11 Å². The van der Waals surface area contributed by atoms with Crippen molar-refractivity contribution in [1.82, 2.24) is 10.7 Å². The third-order valence-electron chi connectivity index (χ3n) is 0.419. The summed E-state index contributed by atoms with van der Waals surface area (Å²) in [5.74, 6) is 0. The van der Waals surface area contributed by atoms with Crippen LogP contribution in [-0.4, -0.2) is 11.8 Å². The molecule has 5 nitrogen and oxygen atoms in total. The zero-order valence-corrected chi connectivity index (χ0v) is 2.96.